The topological polar surface area (TPSA) is 46.7 Å². The Morgan fingerprint density at radius 3 is 2.52 bits per heavy atom. The van der Waals surface area contributed by atoms with Crippen molar-refractivity contribution in [1.29, 1.82) is 0 Å². The molecule has 1 aromatic carbocycles. The van der Waals surface area contributed by atoms with Gasteiger partial charge in [-0.25, -0.2) is 4.98 Å². The van der Waals surface area contributed by atoms with Gasteiger partial charge in [0.25, 0.3) is 0 Å². The number of hydrogen-bond donors (Lipinski definition) is 0. The second-order valence-electron chi connectivity index (χ2n) is 6.26. The van der Waals surface area contributed by atoms with Crippen molar-refractivity contribution in [2.24, 2.45) is 5.18 Å². The Morgan fingerprint density at radius 2 is 1.78 bits per heavy atom. The van der Waals surface area contributed by atoms with Crippen molar-refractivity contribution in [3.05, 3.63) is 59.1 Å². The zero-order valence-electron chi connectivity index (χ0n) is 13.0. The molecule has 0 N–H and O–H groups in total. The molecule has 0 unspecified atom stereocenters. The Kier molecular flexibility index (Phi) is 3.66. The largest absolute Gasteiger partial charge is 0.281 e. The molecule has 0 aliphatic heterocycles. The van der Waals surface area contributed by atoms with Crippen LogP contribution in [0.1, 0.15) is 43.6 Å². The van der Waals surface area contributed by atoms with Crippen LogP contribution in [0.15, 0.2) is 53.8 Å². The average Bonchev–Trinajstić information content (AvgIpc) is 3.01. The van der Waals surface area contributed by atoms with Gasteiger partial charge in [-0.05, 0) is 41.6 Å². The van der Waals surface area contributed by atoms with Crippen LogP contribution in [0, 0.1) is 4.91 Å². The van der Waals surface area contributed by atoms with Crippen LogP contribution in [0.4, 0.5) is 5.82 Å². The van der Waals surface area contributed by atoms with Crippen LogP contribution in [-0.4, -0.2) is 9.38 Å². The quantitative estimate of drug-likeness (QED) is 0.604. The molecule has 0 saturated heterocycles. The molecule has 1 aliphatic carbocycles. The van der Waals surface area contributed by atoms with E-state index in [2.05, 4.69) is 34.4 Å². The van der Waals surface area contributed by atoms with E-state index in [0.29, 0.717) is 17.4 Å². The van der Waals surface area contributed by atoms with Gasteiger partial charge in [-0.15, -0.1) is 4.91 Å². The fraction of sp³-hybridized carbons (Fsp3) is 0.316. The SMILES string of the molecule is O=Nc1c(-c2ccc(C3CCCCC3)cc2)nc2ccccn12. The minimum absolute atomic E-state index is 0.367. The van der Waals surface area contributed by atoms with E-state index >= 15 is 0 Å². The zero-order chi connectivity index (χ0) is 15.6. The molecular formula is C19H19N3O. The van der Waals surface area contributed by atoms with Gasteiger partial charge in [0.05, 0.1) is 0 Å². The summed E-state index contributed by atoms with van der Waals surface area (Å²) in [5.74, 6) is 1.05. The minimum Gasteiger partial charge on any atom is -0.281 e. The van der Waals surface area contributed by atoms with Crippen LogP contribution in [0.3, 0.4) is 0 Å². The summed E-state index contributed by atoms with van der Waals surface area (Å²) in [6.45, 7) is 0. The highest BCUT2D eigenvalue weighted by Crippen LogP contribution is 2.35. The van der Waals surface area contributed by atoms with Crippen molar-refractivity contribution in [2.45, 2.75) is 38.0 Å². The van der Waals surface area contributed by atoms with E-state index in [9.17, 15) is 4.91 Å². The molecule has 2 aromatic heterocycles. The number of imidazole rings is 1. The Bertz CT molecular complexity index is 829. The summed E-state index contributed by atoms with van der Waals surface area (Å²) in [6.07, 6.45) is 8.42. The average molecular weight is 305 g/mol. The van der Waals surface area contributed by atoms with E-state index < -0.39 is 0 Å². The second-order valence-corrected chi connectivity index (χ2v) is 6.26. The Balaban J connectivity index is 1.72. The molecule has 116 valence electrons. The summed E-state index contributed by atoms with van der Waals surface area (Å²) in [5, 5.41) is 3.20. The third-order valence-electron chi connectivity index (χ3n) is 4.85. The number of fused-ring (bicyclic) bond motifs is 1. The number of nitroso groups, excluding NO2 is 1. The van der Waals surface area contributed by atoms with Crippen molar-refractivity contribution in [3.63, 3.8) is 0 Å². The van der Waals surface area contributed by atoms with Crippen LogP contribution >= 0.6 is 0 Å². The molecule has 23 heavy (non-hydrogen) atoms. The molecule has 0 spiro atoms. The summed E-state index contributed by atoms with van der Waals surface area (Å²) in [6, 6.07) is 14.2. The lowest BCUT2D eigenvalue weighted by atomic mass is 9.84. The molecule has 0 bridgehead atoms. The molecule has 2 heterocycles. The van der Waals surface area contributed by atoms with Crippen molar-refractivity contribution >= 4 is 11.5 Å². The van der Waals surface area contributed by atoms with Crippen LogP contribution in [0.25, 0.3) is 16.9 Å². The first-order valence-electron chi connectivity index (χ1n) is 8.27. The number of pyridine rings is 1. The predicted molar refractivity (Wildman–Crippen MR) is 91.9 cm³/mol. The van der Waals surface area contributed by atoms with E-state index in [4.69, 9.17) is 0 Å². The van der Waals surface area contributed by atoms with Crippen molar-refractivity contribution < 1.29 is 0 Å². The normalized spacial score (nSPS) is 15.8. The Labute approximate surface area is 135 Å². The van der Waals surface area contributed by atoms with Crippen molar-refractivity contribution in [1.82, 2.24) is 9.38 Å². The maximum Gasteiger partial charge on any atom is 0.209 e. The molecule has 0 atom stereocenters. The minimum atomic E-state index is 0.367. The number of benzene rings is 1. The van der Waals surface area contributed by atoms with Gasteiger partial charge in [0.15, 0.2) is 0 Å². The number of rotatable bonds is 3. The summed E-state index contributed by atoms with van der Waals surface area (Å²) in [5.41, 5.74) is 3.75. The van der Waals surface area contributed by atoms with Gasteiger partial charge in [0.2, 0.25) is 5.82 Å². The van der Waals surface area contributed by atoms with E-state index in [-0.39, 0.29) is 0 Å². The fourth-order valence-electron chi connectivity index (χ4n) is 3.61. The molecule has 1 fully saturated rings. The number of nitrogens with zero attached hydrogens (tertiary/aromatic N) is 3. The van der Waals surface area contributed by atoms with Crippen molar-refractivity contribution in [2.75, 3.05) is 0 Å². The maximum absolute atomic E-state index is 11.3. The van der Waals surface area contributed by atoms with Crippen molar-refractivity contribution in [3.8, 4) is 11.3 Å². The summed E-state index contributed by atoms with van der Waals surface area (Å²) in [4.78, 5) is 15.8. The van der Waals surface area contributed by atoms with Gasteiger partial charge in [-0.1, -0.05) is 49.6 Å². The first-order valence-corrected chi connectivity index (χ1v) is 8.27. The lowest BCUT2D eigenvalue weighted by Crippen LogP contribution is -2.04. The fourth-order valence-corrected chi connectivity index (χ4v) is 3.61. The molecule has 4 heteroatoms. The molecule has 4 nitrogen and oxygen atoms in total. The first-order chi connectivity index (χ1) is 11.4. The van der Waals surface area contributed by atoms with Gasteiger partial charge < -0.3 is 0 Å². The summed E-state index contributed by atoms with van der Waals surface area (Å²) < 4.78 is 1.73. The van der Waals surface area contributed by atoms with Gasteiger partial charge >= 0.3 is 0 Å². The number of hydrogen-bond acceptors (Lipinski definition) is 3. The molecule has 1 aliphatic rings. The van der Waals surface area contributed by atoms with E-state index in [1.54, 1.807) is 4.40 Å². The van der Waals surface area contributed by atoms with Gasteiger partial charge in [0, 0.05) is 11.8 Å². The smallest absolute Gasteiger partial charge is 0.209 e. The van der Waals surface area contributed by atoms with Gasteiger partial charge in [-0.3, -0.25) is 4.40 Å². The lowest BCUT2D eigenvalue weighted by Gasteiger charge is -2.22. The highest BCUT2D eigenvalue weighted by molar-refractivity contribution is 5.74. The summed E-state index contributed by atoms with van der Waals surface area (Å²) in [7, 11) is 0. The molecular weight excluding hydrogens is 286 g/mol. The van der Waals surface area contributed by atoms with Crippen LogP contribution in [0.2, 0.25) is 0 Å². The molecule has 3 aromatic rings. The second kappa shape index (κ2) is 5.95. The lowest BCUT2D eigenvalue weighted by molar-refractivity contribution is 0.443. The standard InChI is InChI=1S/C19H19N3O/c23-21-19-18(20-17-8-4-5-13-22(17)19)16-11-9-15(10-12-16)14-6-2-1-3-7-14/h4-5,8-14H,1-3,6-7H2. The molecule has 0 radical (unpaired) electrons. The predicted octanol–water partition coefficient (Wildman–Crippen LogP) is 5.45. The van der Waals surface area contributed by atoms with E-state index in [0.717, 1.165) is 11.2 Å². The molecule has 4 rings (SSSR count). The van der Waals surface area contributed by atoms with Crippen LogP contribution in [0.5, 0.6) is 0 Å². The monoisotopic (exact) mass is 305 g/mol. The summed E-state index contributed by atoms with van der Waals surface area (Å²) >= 11 is 0. The Morgan fingerprint density at radius 1 is 1.00 bits per heavy atom. The highest BCUT2D eigenvalue weighted by atomic mass is 16.3. The van der Waals surface area contributed by atoms with Gasteiger partial charge in [0.1, 0.15) is 11.3 Å². The zero-order valence-corrected chi connectivity index (χ0v) is 13.0. The highest BCUT2D eigenvalue weighted by Gasteiger charge is 2.17. The van der Waals surface area contributed by atoms with E-state index in [1.807, 2.05) is 24.4 Å². The molecule has 0 amide bonds. The third-order valence-corrected chi connectivity index (χ3v) is 4.85. The maximum atomic E-state index is 11.3. The van der Waals surface area contributed by atoms with Crippen LogP contribution < -0.4 is 0 Å². The van der Waals surface area contributed by atoms with E-state index in [1.165, 1.54) is 37.7 Å². The molecule has 1 saturated carbocycles. The van der Waals surface area contributed by atoms with Gasteiger partial charge in [-0.2, -0.15) is 0 Å². The number of aromatic nitrogens is 2. The first kappa shape index (κ1) is 14.1. The van der Waals surface area contributed by atoms with Crippen LogP contribution in [-0.2, 0) is 0 Å². The Hall–Kier alpha value is -2.49. The third kappa shape index (κ3) is 2.54.